The molecule has 0 fully saturated rings. The lowest BCUT2D eigenvalue weighted by Crippen LogP contribution is -2.31. The Balaban J connectivity index is 0.00000364. The summed E-state index contributed by atoms with van der Waals surface area (Å²) < 4.78 is 48.0. The number of methoxy groups -OCH3 is 2. The molecule has 148 valence electrons. The van der Waals surface area contributed by atoms with Crippen molar-refractivity contribution in [3.8, 4) is 11.5 Å². The third kappa shape index (κ3) is 6.81. The minimum atomic E-state index is -4.34. The Bertz CT molecular complexity index is 765. The van der Waals surface area contributed by atoms with Crippen molar-refractivity contribution in [2.45, 2.75) is 19.3 Å². The first-order chi connectivity index (χ1) is 12.3. The third-order valence-electron chi connectivity index (χ3n) is 3.63. The Hall–Kier alpha value is -2.17. The first-order valence-corrected chi connectivity index (χ1v) is 7.74. The summed E-state index contributed by atoms with van der Waals surface area (Å²) in [4.78, 5) is 4.20. The molecule has 2 aromatic carbocycles. The molecule has 0 bridgehead atoms. The lowest BCUT2D eigenvalue weighted by Gasteiger charge is -2.10. The van der Waals surface area contributed by atoms with Gasteiger partial charge in [0.05, 0.1) is 26.3 Å². The molecule has 0 heterocycles. The van der Waals surface area contributed by atoms with Gasteiger partial charge in [-0.15, -0.1) is 24.0 Å². The average molecular weight is 495 g/mol. The van der Waals surface area contributed by atoms with Crippen LogP contribution >= 0.6 is 24.0 Å². The van der Waals surface area contributed by atoms with Crippen molar-refractivity contribution in [2.24, 2.45) is 10.7 Å². The fourth-order valence-corrected chi connectivity index (χ4v) is 2.22. The zero-order chi connectivity index (χ0) is 19.2. The van der Waals surface area contributed by atoms with E-state index in [0.717, 1.165) is 17.7 Å². The molecule has 0 radical (unpaired) electrons. The maximum absolute atomic E-state index is 12.5. The summed E-state index contributed by atoms with van der Waals surface area (Å²) in [6, 6.07) is 10.3. The molecule has 0 unspecified atom stereocenters. The zero-order valence-electron chi connectivity index (χ0n) is 14.8. The summed E-state index contributed by atoms with van der Waals surface area (Å²) in [5.74, 6) is 1.41. The van der Waals surface area contributed by atoms with Crippen molar-refractivity contribution in [2.75, 3.05) is 14.2 Å². The smallest absolute Gasteiger partial charge is 0.416 e. The number of nitrogens with zero attached hydrogens (tertiary/aromatic N) is 1. The average Bonchev–Trinajstić information content (AvgIpc) is 2.64. The molecule has 0 aliphatic carbocycles. The molecule has 9 heteroatoms. The van der Waals surface area contributed by atoms with Crippen LogP contribution in [0, 0.1) is 0 Å². The van der Waals surface area contributed by atoms with Crippen LogP contribution in [0.15, 0.2) is 47.5 Å². The number of halogens is 4. The lowest BCUT2D eigenvalue weighted by atomic mass is 10.1. The number of aliphatic imine (C=N–C) groups is 1. The maximum atomic E-state index is 12.5. The van der Waals surface area contributed by atoms with Crippen molar-refractivity contribution < 1.29 is 22.6 Å². The van der Waals surface area contributed by atoms with Crippen LogP contribution in [0.2, 0.25) is 0 Å². The fraction of sp³-hybridized carbons (Fsp3) is 0.278. The number of rotatable bonds is 6. The Morgan fingerprint density at radius 3 is 2.15 bits per heavy atom. The molecule has 0 saturated heterocycles. The minimum Gasteiger partial charge on any atom is -0.493 e. The number of alkyl halides is 3. The van der Waals surface area contributed by atoms with Crippen molar-refractivity contribution in [3.05, 3.63) is 59.2 Å². The van der Waals surface area contributed by atoms with Crippen LogP contribution in [0.5, 0.6) is 11.5 Å². The van der Waals surface area contributed by atoms with E-state index in [2.05, 4.69) is 10.3 Å². The highest BCUT2D eigenvalue weighted by atomic mass is 127. The minimum absolute atomic E-state index is 0. The van der Waals surface area contributed by atoms with Gasteiger partial charge in [0.15, 0.2) is 17.5 Å². The third-order valence-corrected chi connectivity index (χ3v) is 3.63. The quantitative estimate of drug-likeness (QED) is 0.362. The number of hydrogen-bond acceptors (Lipinski definition) is 3. The van der Waals surface area contributed by atoms with Crippen LogP contribution in [-0.2, 0) is 19.3 Å². The molecular weight excluding hydrogens is 474 g/mol. The molecule has 0 aromatic heterocycles. The van der Waals surface area contributed by atoms with Crippen LogP contribution in [0.25, 0.3) is 0 Å². The van der Waals surface area contributed by atoms with E-state index in [1.54, 1.807) is 26.4 Å². The van der Waals surface area contributed by atoms with E-state index in [1.165, 1.54) is 12.1 Å². The van der Waals surface area contributed by atoms with Gasteiger partial charge in [-0.05, 0) is 35.4 Å². The summed E-state index contributed by atoms with van der Waals surface area (Å²) in [6.45, 7) is 0.603. The Morgan fingerprint density at radius 2 is 1.59 bits per heavy atom. The topological polar surface area (TPSA) is 68.9 Å². The molecule has 2 aromatic rings. The standard InChI is InChI=1S/C18H20F3N3O2.HI/c1-25-15-8-5-13(9-16(15)26-2)11-24-17(22)23-10-12-3-6-14(7-4-12)18(19,20)21;/h3-9H,10-11H2,1-2H3,(H3,22,23,24);1H. The van der Waals surface area contributed by atoms with Gasteiger partial charge < -0.3 is 20.5 Å². The number of nitrogens with one attached hydrogen (secondary N) is 1. The van der Waals surface area contributed by atoms with Crippen molar-refractivity contribution >= 4 is 29.9 Å². The zero-order valence-corrected chi connectivity index (χ0v) is 17.2. The Morgan fingerprint density at radius 1 is 1.00 bits per heavy atom. The second-order valence-corrected chi connectivity index (χ2v) is 5.44. The van der Waals surface area contributed by atoms with Crippen LogP contribution in [0.3, 0.4) is 0 Å². The number of hydrogen-bond donors (Lipinski definition) is 2. The molecule has 0 atom stereocenters. The van der Waals surface area contributed by atoms with Gasteiger partial charge in [-0.25, -0.2) is 4.99 Å². The lowest BCUT2D eigenvalue weighted by molar-refractivity contribution is -0.137. The van der Waals surface area contributed by atoms with E-state index in [-0.39, 0.29) is 36.5 Å². The van der Waals surface area contributed by atoms with Gasteiger partial charge in [0, 0.05) is 6.54 Å². The summed E-state index contributed by atoms with van der Waals surface area (Å²) in [5, 5.41) is 2.87. The van der Waals surface area contributed by atoms with Gasteiger partial charge in [0.2, 0.25) is 0 Å². The van der Waals surface area contributed by atoms with E-state index in [0.29, 0.717) is 23.6 Å². The number of nitrogens with two attached hydrogens (primary N) is 1. The molecule has 3 N–H and O–H groups in total. The molecule has 5 nitrogen and oxygen atoms in total. The summed E-state index contributed by atoms with van der Waals surface area (Å²) >= 11 is 0. The predicted octanol–water partition coefficient (Wildman–Crippen LogP) is 3.95. The number of guanidine groups is 1. The molecule has 2 rings (SSSR count). The second-order valence-electron chi connectivity index (χ2n) is 5.44. The van der Waals surface area contributed by atoms with Gasteiger partial charge in [-0.3, -0.25) is 0 Å². The molecule has 0 amide bonds. The van der Waals surface area contributed by atoms with E-state index in [4.69, 9.17) is 15.2 Å². The van der Waals surface area contributed by atoms with Crippen LogP contribution < -0.4 is 20.5 Å². The SMILES string of the molecule is COc1ccc(CN=C(N)NCc2ccc(C(F)(F)F)cc2)cc1OC.I. The van der Waals surface area contributed by atoms with E-state index >= 15 is 0 Å². The van der Waals surface area contributed by atoms with Crippen molar-refractivity contribution in [1.82, 2.24) is 5.32 Å². The van der Waals surface area contributed by atoms with Gasteiger partial charge in [-0.1, -0.05) is 18.2 Å². The Kier molecular flexibility index (Phi) is 8.67. The Labute approximate surface area is 172 Å². The van der Waals surface area contributed by atoms with E-state index in [1.807, 2.05) is 6.07 Å². The van der Waals surface area contributed by atoms with Gasteiger partial charge >= 0.3 is 6.18 Å². The first kappa shape index (κ1) is 22.9. The largest absolute Gasteiger partial charge is 0.493 e. The van der Waals surface area contributed by atoms with E-state index in [9.17, 15) is 13.2 Å². The summed E-state index contributed by atoms with van der Waals surface area (Å²) in [6.07, 6.45) is -4.34. The molecule has 0 aliphatic rings. The van der Waals surface area contributed by atoms with Crippen molar-refractivity contribution in [1.29, 1.82) is 0 Å². The van der Waals surface area contributed by atoms with Crippen molar-refractivity contribution in [3.63, 3.8) is 0 Å². The number of ether oxygens (including phenoxy) is 2. The van der Waals surface area contributed by atoms with E-state index < -0.39 is 11.7 Å². The number of benzene rings is 2. The highest BCUT2D eigenvalue weighted by Crippen LogP contribution is 2.29. The van der Waals surface area contributed by atoms with Crippen LogP contribution in [0.1, 0.15) is 16.7 Å². The second kappa shape index (κ2) is 10.2. The molecule has 0 aliphatic heterocycles. The predicted molar refractivity (Wildman–Crippen MR) is 109 cm³/mol. The van der Waals surface area contributed by atoms with Gasteiger partial charge in [0.1, 0.15) is 0 Å². The molecule has 0 saturated carbocycles. The van der Waals surface area contributed by atoms with Crippen LogP contribution in [0.4, 0.5) is 13.2 Å². The first-order valence-electron chi connectivity index (χ1n) is 7.74. The van der Waals surface area contributed by atoms with Gasteiger partial charge in [0.25, 0.3) is 0 Å². The summed E-state index contributed by atoms with van der Waals surface area (Å²) in [5.41, 5.74) is 6.66. The summed E-state index contributed by atoms with van der Waals surface area (Å²) in [7, 11) is 3.10. The normalized spacial score (nSPS) is 11.5. The molecule has 27 heavy (non-hydrogen) atoms. The maximum Gasteiger partial charge on any atom is 0.416 e. The highest BCUT2D eigenvalue weighted by Gasteiger charge is 2.29. The van der Waals surface area contributed by atoms with Crippen LogP contribution in [-0.4, -0.2) is 20.2 Å². The highest BCUT2D eigenvalue weighted by molar-refractivity contribution is 14.0. The monoisotopic (exact) mass is 495 g/mol. The fourth-order valence-electron chi connectivity index (χ4n) is 2.22. The molecular formula is C18H21F3IN3O2. The molecule has 0 spiro atoms. The van der Waals surface area contributed by atoms with Gasteiger partial charge in [-0.2, -0.15) is 13.2 Å².